The highest BCUT2D eigenvalue weighted by Crippen LogP contribution is 2.16. The third-order valence-electron chi connectivity index (χ3n) is 2.96. The number of hydrogen-bond acceptors (Lipinski definition) is 3. The molecule has 1 aliphatic heterocycles. The second-order valence-electron chi connectivity index (χ2n) is 5.70. The minimum absolute atomic E-state index is 0.0500. The fourth-order valence-electron chi connectivity index (χ4n) is 2.16. The second kappa shape index (κ2) is 6.58. The number of unbranched alkanes of at least 4 members (excludes halogenated alkanes) is 1. The first-order chi connectivity index (χ1) is 7.49. The Kier molecular flexibility index (Phi) is 5.73. The monoisotopic (exact) mass is 228 g/mol. The van der Waals surface area contributed by atoms with Crippen molar-refractivity contribution < 1.29 is 4.74 Å². The predicted molar refractivity (Wildman–Crippen MR) is 68.8 cm³/mol. The molecule has 1 rings (SSSR count). The lowest BCUT2D eigenvalue weighted by atomic mass is 10.1. The van der Waals surface area contributed by atoms with Gasteiger partial charge in [-0.1, -0.05) is 13.8 Å². The van der Waals surface area contributed by atoms with E-state index in [1.54, 1.807) is 0 Å². The van der Waals surface area contributed by atoms with Crippen molar-refractivity contribution in [2.24, 2.45) is 0 Å². The highest BCUT2D eigenvalue weighted by Gasteiger charge is 2.26. The Hall–Kier alpha value is -0.120. The molecule has 3 nitrogen and oxygen atoms in total. The van der Waals surface area contributed by atoms with Gasteiger partial charge in [-0.2, -0.15) is 0 Å². The van der Waals surface area contributed by atoms with Crippen LogP contribution in [0.5, 0.6) is 0 Å². The fourth-order valence-corrected chi connectivity index (χ4v) is 2.16. The van der Waals surface area contributed by atoms with Gasteiger partial charge in [0.05, 0.1) is 12.2 Å². The Morgan fingerprint density at radius 1 is 1.31 bits per heavy atom. The highest BCUT2D eigenvalue weighted by molar-refractivity contribution is 4.78. The first-order valence-corrected chi connectivity index (χ1v) is 6.59. The third-order valence-corrected chi connectivity index (χ3v) is 2.96. The summed E-state index contributed by atoms with van der Waals surface area (Å²) < 4.78 is 5.70. The van der Waals surface area contributed by atoms with E-state index in [4.69, 9.17) is 4.74 Å². The van der Waals surface area contributed by atoms with E-state index >= 15 is 0 Å². The van der Waals surface area contributed by atoms with Gasteiger partial charge in [0.15, 0.2) is 0 Å². The number of morpholine rings is 1. The zero-order chi connectivity index (χ0) is 12.0. The lowest BCUT2D eigenvalue weighted by Gasteiger charge is -2.38. The molecule has 0 aromatic heterocycles. The van der Waals surface area contributed by atoms with Crippen LogP contribution in [-0.4, -0.2) is 49.3 Å². The summed E-state index contributed by atoms with van der Waals surface area (Å²) in [5, 5.41) is 3.46. The Bertz CT molecular complexity index is 192. The summed E-state index contributed by atoms with van der Waals surface area (Å²) >= 11 is 0. The van der Waals surface area contributed by atoms with Gasteiger partial charge in [0.2, 0.25) is 0 Å². The van der Waals surface area contributed by atoms with Crippen LogP contribution in [-0.2, 0) is 4.74 Å². The zero-order valence-corrected chi connectivity index (χ0v) is 11.4. The van der Waals surface area contributed by atoms with Gasteiger partial charge in [-0.3, -0.25) is 4.90 Å². The van der Waals surface area contributed by atoms with E-state index in [0.717, 1.165) is 26.2 Å². The molecule has 0 amide bonds. The van der Waals surface area contributed by atoms with E-state index in [9.17, 15) is 0 Å². The molecule has 0 atom stereocenters. The van der Waals surface area contributed by atoms with Gasteiger partial charge >= 0.3 is 0 Å². The number of ether oxygens (including phenoxy) is 1. The van der Waals surface area contributed by atoms with Crippen LogP contribution in [0.3, 0.4) is 0 Å². The molecule has 16 heavy (non-hydrogen) atoms. The standard InChI is InChI=1S/C13H28N2O/c1-12(2)14-7-5-6-8-15-9-10-16-13(3,4)11-15/h12,14H,5-11H2,1-4H3. The summed E-state index contributed by atoms with van der Waals surface area (Å²) in [5.41, 5.74) is 0.0500. The van der Waals surface area contributed by atoms with Crippen molar-refractivity contribution in [1.82, 2.24) is 10.2 Å². The van der Waals surface area contributed by atoms with Gasteiger partial charge in [-0.25, -0.2) is 0 Å². The average Bonchev–Trinajstić information content (AvgIpc) is 2.15. The number of rotatable bonds is 6. The molecule has 0 unspecified atom stereocenters. The van der Waals surface area contributed by atoms with Crippen LogP contribution < -0.4 is 5.32 Å². The zero-order valence-electron chi connectivity index (χ0n) is 11.4. The lowest BCUT2D eigenvalue weighted by Crippen LogP contribution is -2.48. The van der Waals surface area contributed by atoms with Crippen molar-refractivity contribution >= 4 is 0 Å². The largest absolute Gasteiger partial charge is 0.373 e. The fraction of sp³-hybridized carbons (Fsp3) is 1.00. The minimum Gasteiger partial charge on any atom is -0.373 e. The Morgan fingerprint density at radius 2 is 2.06 bits per heavy atom. The molecule has 0 aromatic carbocycles. The molecule has 0 saturated carbocycles. The molecule has 0 bridgehead atoms. The van der Waals surface area contributed by atoms with Crippen LogP contribution in [0.2, 0.25) is 0 Å². The molecule has 1 fully saturated rings. The van der Waals surface area contributed by atoms with Crippen molar-refractivity contribution in [2.75, 3.05) is 32.8 Å². The quantitative estimate of drug-likeness (QED) is 0.703. The van der Waals surface area contributed by atoms with E-state index in [-0.39, 0.29) is 5.60 Å². The topological polar surface area (TPSA) is 24.5 Å². The van der Waals surface area contributed by atoms with Gasteiger partial charge in [0, 0.05) is 19.1 Å². The maximum Gasteiger partial charge on any atom is 0.0753 e. The van der Waals surface area contributed by atoms with Gasteiger partial charge in [0.25, 0.3) is 0 Å². The molecule has 1 saturated heterocycles. The van der Waals surface area contributed by atoms with Gasteiger partial charge in [-0.05, 0) is 39.8 Å². The van der Waals surface area contributed by atoms with Crippen LogP contribution >= 0.6 is 0 Å². The third kappa shape index (κ3) is 5.83. The Balaban J connectivity index is 2.04. The smallest absolute Gasteiger partial charge is 0.0753 e. The van der Waals surface area contributed by atoms with E-state index in [1.807, 2.05) is 0 Å². The molecule has 3 heteroatoms. The highest BCUT2D eigenvalue weighted by atomic mass is 16.5. The first kappa shape index (κ1) is 13.9. The summed E-state index contributed by atoms with van der Waals surface area (Å²) in [6.45, 7) is 14.2. The number of nitrogens with one attached hydrogen (secondary N) is 1. The van der Waals surface area contributed by atoms with Crippen LogP contribution in [0.25, 0.3) is 0 Å². The molecule has 0 spiro atoms. The van der Waals surface area contributed by atoms with Gasteiger partial charge < -0.3 is 10.1 Å². The summed E-state index contributed by atoms with van der Waals surface area (Å²) in [6.07, 6.45) is 2.56. The summed E-state index contributed by atoms with van der Waals surface area (Å²) in [5.74, 6) is 0. The number of hydrogen-bond donors (Lipinski definition) is 1. The molecule has 0 aliphatic carbocycles. The molecule has 1 N–H and O–H groups in total. The lowest BCUT2D eigenvalue weighted by molar-refractivity contribution is -0.0860. The molecular formula is C13H28N2O. The maximum absolute atomic E-state index is 5.70. The molecular weight excluding hydrogens is 200 g/mol. The summed E-state index contributed by atoms with van der Waals surface area (Å²) in [6, 6.07) is 0.613. The van der Waals surface area contributed by atoms with Crippen molar-refractivity contribution in [2.45, 2.75) is 52.2 Å². The average molecular weight is 228 g/mol. The SMILES string of the molecule is CC(C)NCCCCN1CCOC(C)(C)C1. The molecule has 1 heterocycles. The minimum atomic E-state index is 0.0500. The normalized spacial score (nSPS) is 21.6. The van der Waals surface area contributed by atoms with Crippen LogP contribution in [0.15, 0.2) is 0 Å². The molecule has 1 aliphatic rings. The maximum atomic E-state index is 5.70. The van der Waals surface area contributed by atoms with Crippen LogP contribution in [0.4, 0.5) is 0 Å². The summed E-state index contributed by atoms with van der Waals surface area (Å²) in [7, 11) is 0. The van der Waals surface area contributed by atoms with Crippen LogP contribution in [0.1, 0.15) is 40.5 Å². The van der Waals surface area contributed by atoms with Crippen molar-refractivity contribution in [3.05, 3.63) is 0 Å². The van der Waals surface area contributed by atoms with Crippen molar-refractivity contribution in [3.63, 3.8) is 0 Å². The predicted octanol–water partition coefficient (Wildman–Crippen LogP) is 1.88. The van der Waals surface area contributed by atoms with E-state index < -0.39 is 0 Å². The van der Waals surface area contributed by atoms with Crippen molar-refractivity contribution in [1.29, 1.82) is 0 Å². The molecule has 96 valence electrons. The second-order valence-corrected chi connectivity index (χ2v) is 5.70. The molecule has 0 radical (unpaired) electrons. The van der Waals surface area contributed by atoms with E-state index in [2.05, 4.69) is 37.9 Å². The summed E-state index contributed by atoms with van der Waals surface area (Å²) in [4.78, 5) is 2.53. The van der Waals surface area contributed by atoms with Crippen LogP contribution in [0, 0.1) is 0 Å². The van der Waals surface area contributed by atoms with E-state index in [1.165, 1.54) is 19.4 Å². The Morgan fingerprint density at radius 3 is 2.69 bits per heavy atom. The molecule has 0 aromatic rings. The van der Waals surface area contributed by atoms with E-state index in [0.29, 0.717) is 6.04 Å². The van der Waals surface area contributed by atoms with Gasteiger partial charge in [-0.15, -0.1) is 0 Å². The van der Waals surface area contributed by atoms with Crippen molar-refractivity contribution in [3.8, 4) is 0 Å². The Labute approximate surface area is 101 Å². The number of nitrogens with zero attached hydrogens (tertiary/aromatic N) is 1. The first-order valence-electron chi connectivity index (χ1n) is 6.59. The van der Waals surface area contributed by atoms with Gasteiger partial charge in [0.1, 0.15) is 0 Å².